The van der Waals surface area contributed by atoms with Gasteiger partial charge in [0.2, 0.25) is 5.91 Å². The van der Waals surface area contributed by atoms with Crippen LogP contribution in [0.4, 0.5) is 4.79 Å². The van der Waals surface area contributed by atoms with Gasteiger partial charge < -0.3 is 10.4 Å². The summed E-state index contributed by atoms with van der Waals surface area (Å²) in [6.45, 7) is 2.32. The van der Waals surface area contributed by atoms with Gasteiger partial charge in [0, 0.05) is 7.05 Å². The number of carboxylic acids is 1. The van der Waals surface area contributed by atoms with Crippen LogP contribution in [-0.2, 0) is 19.4 Å². The van der Waals surface area contributed by atoms with Gasteiger partial charge in [0.05, 0.1) is 11.7 Å². The molecule has 0 aliphatic rings. The van der Waals surface area contributed by atoms with Crippen LogP contribution in [0.25, 0.3) is 0 Å². The van der Waals surface area contributed by atoms with Crippen LogP contribution in [0, 0.1) is 5.92 Å². The molecule has 0 aromatic rings. The standard InChI is InChI=1S/C9H16N2O6S/c1-5(8(13)14)4-18(16,17)6(2)7(12)11-9(15)10-3/h5-6H,4H2,1-3H3,(H,13,14)(H2,10,11,12,15). The Labute approximate surface area is 105 Å². The first kappa shape index (κ1) is 16.4. The molecule has 0 aliphatic carbocycles. The second-order valence-electron chi connectivity index (χ2n) is 3.78. The second-order valence-corrected chi connectivity index (χ2v) is 6.15. The Morgan fingerprint density at radius 2 is 1.72 bits per heavy atom. The molecule has 0 aromatic heterocycles. The zero-order valence-corrected chi connectivity index (χ0v) is 11.1. The molecule has 2 atom stereocenters. The van der Waals surface area contributed by atoms with Crippen molar-refractivity contribution in [3.05, 3.63) is 0 Å². The lowest BCUT2D eigenvalue weighted by molar-refractivity contribution is -0.140. The van der Waals surface area contributed by atoms with Gasteiger partial charge in [-0.1, -0.05) is 6.92 Å². The van der Waals surface area contributed by atoms with Gasteiger partial charge >= 0.3 is 12.0 Å². The van der Waals surface area contributed by atoms with Crippen molar-refractivity contribution in [3.63, 3.8) is 0 Å². The van der Waals surface area contributed by atoms with E-state index >= 15 is 0 Å². The number of sulfone groups is 1. The third-order valence-corrected chi connectivity index (χ3v) is 4.53. The highest BCUT2D eigenvalue weighted by Crippen LogP contribution is 2.08. The fourth-order valence-corrected chi connectivity index (χ4v) is 2.52. The Balaban J connectivity index is 4.76. The van der Waals surface area contributed by atoms with Crippen molar-refractivity contribution in [1.82, 2.24) is 10.6 Å². The Kier molecular flexibility index (Phi) is 5.76. The molecule has 0 aliphatic heterocycles. The maximum Gasteiger partial charge on any atom is 0.321 e. The average Bonchev–Trinajstić information content (AvgIpc) is 2.26. The highest BCUT2D eigenvalue weighted by atomic mass is 32.2. The van der Waals surface area contributed by atoms with Gasteiger partial charge in [0.25, 0.3) is 0 Å². The molecule has 0 fully saturated rings. The van der Waals surface area contributed by atoms with Crippen LogP contribution in [0.1, 0.15) is 13.8 Å². The predicted molar refractivity (Wildman–Crippen MR) is 62.6 cm³/mol. The van der Waals surface area contributed by atoms with Crippen LogP contribution in [0.3, 0.4) is 0 Å². The summed E-state index contributed by atoms with van der Waals surface area (Å²) in [4.78, 5) is 32.8. The molecule has 2 unspecified atom stereocenters. The minimum Gasteiger partial charge on any atom is -0.481 e. The summed E-state index contributed by atoms with van der Waals surface area (Å²) in [6.07, 6.45) is 0. The van der Waals surface area contributed by atoms with E-state index in [2.05, 4.69) is 5.32 Å². The van der Waals surface area contributed by atoms with Gasteiger partial charge in [0.1, 0.15) is 5.25 Å². The minimum absolute atomic E-state index is 0.662. The maximum atomic E-state index is 11.7. The van der Waals surface area contributed by atoms with Crippen molar-refractivity contribution in [3.8, 4) is 0 Å². The molecule has 0 saturated heterocycles. The number of imide groups is 1. The fourth-order valence-electron chi connectivity index (χ4n) is 1.00. The highest BCUT2D eigenvalue weighted by molar-refractivity contribution is 7.92. The van der Waals surface area contributed by atoms with Gasteiger partial charge in [-0.25, -0.2) is 13.2 Å². The van der Waals surface area contributed by atoms with Gasteiger partial charge in [-0.3, -0.25) is 14.9 Å². The summed E-state index contributed by atoms with van der Waals surface area (Å²) < 4.78 is 23.4. The minimum atomic E-state index is -3.93. The van der Waals surface area contributed by atoms with Gasteiger partial charge in [-0.05, 0) is 6.92 Å². The number of urea groups is 1. The van der Waals surface area contributed by atoms with Crippen molar-refractivity contribution in [1.29, 1.82) is 0 Å². The Morgan fingerprint density at radius 1 is 1.22 bits per heavy atom. The monoisotopic (exact) mass is 280 g/mol. The smallest absolute Gasteiger partial charge is 0.321 e. The summed E-state index contributed by atoms with van der Waals surface area (Å²) in [6, 6.07) is -0.826. The lowest BCUT2D eigenvalue weighted by atomic mass is 10.2. The number of rotatable bonds is 5. The molecule has 0 spiro atoms. The number of hydrogen-bond donors (Lipinski definition) is 3. The van der Waals surface area contributed by atoms with Gasteiger partial charge in [-0.2, -0.15) is 0 Å². The topological polar surface area (TPSA) is 130 Å². The van der Waals surface area contributed by atoms with Crippen molar-refractivity contribution < 1.29 is 27.9 Å². The van der Waals surface area contributed by atoms with Crippen molar-refractivity contribution in [2.75, 3.05) is 12.8 Å². The Bertz CT molecular complexity index is 444. The maximum absolute atomic E-state index is 11.7. The summed E-state index contributed by atoms with van der Waals surface area (Å²) in [5.41, 5.74) is 0. The van der Waals surface area contributed by atoms with Crippen LogP contribution in [0.15, 0.2) is 0 Å². The molecule has 104 valence electrons. The summed E-state index contributed by atoms with van der Waals surface area (Å²) in [7, 11) is -2.66. The van der Waals surface area contributed by atoms with Crippen LogP contribution in [-0.4, -0.2) is 49.5 Å². The molecule has 18 heavy (non-hydrogen) atoms. The van der Waals surface area contributed by atoms with E-state index in [0.29, 0.717) is 0 Å². The summed E-state index contributed by atoms with van der Waals surface area (Å²) in [5.74, 6) is -4.04. The molecule has 9 heteroatoms. The number of carboxylic acid groups (broad SMARTS) is 1. The largest absolute Gasteiger partial charge is 0.481 e. The van der Waals surface area contributed by atoms with E-state index < -0.39 is 44.7 Å². The van der Waals surface area contributed by atoms with E-state index in [4.69, 9.17) is 5.11 Å². The molecule has 0 saturated carbocycles. The van der Waals surface area contributed by atoms with E-state index in [1.165, 1.54) is 14.0 Å². The zero-order chi connectivity index (χ0) is 14.5. The Hall–Kier alpha value is -1.64. The number of amides is 3. The number of aliphatic carboxylic acids is 1. The summed E-state index contributed by atoms with van der Waals surface area (Å²) >= 11 is 0. The average molecular weight is 280 g/mol. The lowest BCUT2D eigenvalue weighted by Crippen LogP contribution is -2.45. The van der Waals surface area contributed by atoms with E-state index in [-0.39, 0.29) is 0 Å². The SMILES string of the molecule is CNC(=O)NC(=O)C(C)S(=O)(=O)CC(C)C(=O)O. The van der Waals surface area contributed by atoms with Gasteiger partial charge in [-0.15, -0.1) is 0 Å². The first-order chi connectivity index (χ1) is 8.11. The second kappa shape index (κ2) is 6.34. The van der Waals surface area contributed by atoms with Crippen molar-refractivity contribution >= 4 is 27.7 Å². The van der Waals surface area contributed by atoms with Crippen LogP contribution in [0.5, 0.6) is 0 Å². The normalized spacial score (nSPS) is 14.4. The molecule has 0 heterocycles. The van der Waals surface area contributed by atoms with Crippen LogP contribution < -0.4 is 10.6 Å². The molecular formula is C9H16N2O6S. The number of carbonyl (C=O) groups excluding carboxylic acids is 2. The van der Waals surface area contributed by atoms with Gasteiger partial charge in [0.15, 0.2) is 9.84 Å². The molecule has 3 N–H and O–H groups in total. The molecule has 8 nitrogen and oxygen atoms in total. The highest BCUT2D eigenvalue weighted by Gasteiger charge is 2.32. The van der Waals surface area contributed by atoms with E-state index in [1.807, 2.05) is 5.32 Å². The molecule has 3 amide bonds. The van der Waals surface area contributed by atoms with E-state index in [0.717, 1.165) is 6.92 Å². The Morgan fingerprint density at radius 3 is 2.11 bits per heavy atom. The number of nitrogens with one attached hydrogen (secondary N) is 2. The molecule has 0 aromatic carbocycles. The van der Waals surface area contributed by atoms with Crippen molar-refractivity contribution in [2.45, 2.75) is 19.1 Å². The number of carbonyl (C=O) groups is 3. The molecule has 0 radical (unpaired) electrons. The predicted octanol–water partition coefficient (Wildman–Crippen LogP) is -1.03. The van der Waals surface area contributed by atoms with E-state index in [1.54, 1.807) is 0 Å². The fraction of sp³-hybridized carbons (Fsp3) is 0.667. The first-order valence-electron chi connectivity index (χ1n) is 5.08. The third-order valence-electron chi connectivity index (χ3n) is 2.28. The zero-order valence-electron chi connectivity index (χ0n) is 10.3. The third kappa shape index (κ3) is 4.70. The molecule has 0 bridgehead atoms. The van der Waals surface area contributed by atoms with Crippen LogP contribution >= 0.6 is 0 Å². The summed E-state index contributed by atoms with van der Waals surface area (Å²) in [5, 5.41) is 11.1. The molecular weight excluding hydrogens is 264 g/mol. The lowest BCUT2D eigenvalue weighted by Gasteiger charge is -2.14. The quantitative estimate of drug-likeness (QED) is 0.590. The first-order valence-corrected chi connectivity index (χ1v) is 6.80. The number of hydrogen-bond acceptors (Lipinski definition) is 5. The van der Waals surface area contributed by atoms with Crippen molar-refractivity contribution in [2.24, 2.45) is 5.92 Å². The van der Waals surface area contributed by atoms with Crippen LogP contribution in [0.2, 0.25) is 0 Å². The molecule has 0 rings (SSSR count). The van der Waals surface area contributed by atoms with E-state index in [9.17, 15) is 22.8 Å².